The maximum Gasteiger partial charge on any atom is 0.264 e. The van der Waals surface area contributed by atoms with Gasteiger partial charge in [-0.05, 0) is 38.8 Å². The molecular formula is C14H22N2O3S2. The molecule has 0 radical (unpaired) electrons. The maximum atomic E-state index is 12.7. The predicted molar refractivity (Wildman–Crippen MR) is 84.1 cm³/mol. The Bertz CT molecular complexity index is 609. The van der Waals surface area contributed by atoms with Gasteiger partial charge in [0.25, 0.3) is 5.91 Å². The third-order valence-corrected chi connectivity index (χ3v) is 6.45. The first-order chi connectivity index (χ1) is 9.85. The molecule has 1 aromatic heterocycles. The summed E-state index contributed by atoms with van der Waals surface area (Å²) in [6, 6.07) is 1.68. The molecule has 1 fully saturated rings. The number of thiophene rings is 1. The van der Waals surface area contributed by atoms with E-state index in [0.717, 1.165) is 25.8 Å². The van der Waals surface area contributed by atoms with Crippen LogP contribution < -0.4 is 4.72 Å². The molecule has 2 heterocycles. The Hall–Kier alpha value is -0.920. The van der Waals surface area contributed by atoms with E-state index in [1.54, 1.807) is 0 Å². The van der Waals surface area contributed by atoms with Crippen molar-refractivity contribution in [3.05, 3.63) is 16.3 Å². The van der Waals surface area contributed by atoms with Gasteiger partial charge in [-0.2, -0.15) is 0 Å². The number of hydrogen-bond acceptors (Lipinski definition) is 4. The summed E-state index contributed by atoms with van der Waals surface area (Å²) in [5.41, 5.74) is 0. The molecule has 5 nitrogen and oxygen atoms in total. The number of nitrogens with zero attached hydrogens (tertiary/aromatic N) is 1. The lowest BCUT2D eigenvalue weighted by molar-refractivity contribution is 0.0682. The van der Waals surface area contributed by atoms with Gasteiger partial charge in [-0.1, -0.05) is 13.3 Å². The van der Waals surface area contributed by atoms with E-state index in [2.05, 4.69) is 18.6 Å². The van der Waals surface area contributed by atoms with Gasteiger partial charge in [0.05, 0.1) is 9.77 Å². The third kappa shape index (κ3) is 3.64. The molecule has 1 saturated heterocycles. The van der Waals surface area contributed by atoms with Crippen LogP contribution in [0.2, 0.25) is 0 Å². The number of hydrogen-bond donors (Lipinski definition) is 1. The van der Waals surface area contributed by atoms with E-state index in [9.17, 15) is 13.2 Å². The zero-order chi connectivity index (χ0) is 15.6. The van der Waals surface area contributed by atoms with Crippen molar-refractivity contribution in [3.63, 3.8) is 0 Å². The number of amides is 1. The van der Waals surface area contributed by atoms with Crippen LogP contribution in [-0.4, -0.2) is 38.9 Å². The molecule has 1 aliphatic rings. The summed E-state index contributed by atoms with van der Waals surface area (Å²) in [7, 11) is -2.12. The Balaban J connectivity index is 2.23. The smallest absolute Gasteiger partial charge is 0.264 e. The summed E-state index contributed by atoms with van der Waals surface area (Å²) in [4.78, 5) is 15.2. The minimum atomic E-state index is -3.48. The van der Waals surface area contributed by atoms with E-state index in [1.807, 2.05) is 4.90 Å². The first kappa shape index (κ1) is 16.5. The van der Waals surface area contributed by atoms with Crippen LogP contribution in [0.4, 0.5) is 0 Å². The first-order valence-corrected chi connectivity index (χ1v) is 9.54. The predicted octanol–water partition coefficient (Wildman–Crippen LogP) is 2.31. The molecule has 0 spiro atoms. The minimum absolute atomic E-state index is 0.0567. The number of carbonyl (C=O) groups is 1. The van der Waals surface area contributed by atoms with Crippen LogP contribution in [0, 0.1) is 5.92 Å². The molecule has 0 aliphatic carbocycles. The van der Waals surface area contributed by atoms with Crippen molar-refractivity contribution in [2.45, 2.75) is 44.0 Å². The average molecular weight is 330 g/mol. The summed E-state index contributed by atoms with van der Waals surface area (Å²) in [6.07, 6.45) is 3.27. The van der Waals surface area contributed by atoms with E-state index in [4.69, 9.17) is 0 Å². The van der Waals surface area contributed by atoms with E-state index in [1.165, 1.54) is 29.8 Å². The van der Waals surface area contributed by atoms with Crippen LogP contribution in [-0.2, 0) is 10.0 Å². The maximum absolute atomic E-state index is 12.7. The number of nitrogens with one attached hydrogen (secondary N) is 1. The second-order valence-corrected chi connectivity index (χ2v) is 8.49. The highest BCUT2D eigenvalue weighted by atomic mass is 32.2. The van der Waals surface area contributed by atoms with Crippen LogP contribution in [0.1, 0.15) is 42.8 Å². The molecule has 0 saturated carbocycles. The second-order valence-electron chi connectivity index (χ2n) is 5.70. The Kier molecular flexibility index (Phi) is 5.06. The second kappa shape index (κ2) is 6.46. The molecule has 1 amide bonds. The lowest BCUT2D eigenvalue weighted by Crippen LogP contribution is -2.39. The van der Waals surface area contributed by atoms with Crippen LogP contribution >= 0.6 is 11.3 Å². The summed E-state index contributed by atoms with van der Waals surface area (Å²) in [5, 5.41) is 1.52. The molecule has 118 valence electrons. The molecular weight excluding hydrogens is 308 g/mol. The van der Waals surface area contributed by atoms with Gasteiger partial charge in [-0.25, -0.2) is 13.1 Å². The zero-order valence-corrected chi connectivity index (χ0v) is 14.3. The number of rotatable bonds is 3. The number of sulfonamides is 1. The van der Waals surface area contributed by atoms with Gasteiger partial charge in [0.15, 0.2) is 0 Å². The van der Waals surface area contributed by atoms with Crippen LogP contribution in [0.3, 0.4) is 0 Å². The van der Waals surface area contributed by atoms with Gasteiger partial charge in [-0.3, -0.25) is 4.79 Å². The molecule has 0 unspecified atom stereocenters. The lowest BCUT2D eigenvalue weighted by Gasteiger charge is -2.28. The highest BCUT2D eigenvalue weighted by Gasteiger charge is 2.27. The fourth-order valence-electron chi connectivity index (χ4n) is 2.64. The van der Waals surface area contributed by atoms with Gasteiger partial charge >= 0.3 is 0 Å². The van der Waals surface area contributed by atoms with Crippen LogP contribution in [0.15, 0.2) is 16.3 Å². The normalized spacial score (nSPS) is 23.9. The fourth-order valence-corrected chi connectivity index (χ4v) is 4.60. The van der Waals surface area contributed by atoms with Gasteiger partial charge in [0, 0.05) is 18.0 Å². The Morgan fingerprint density at radius 3 is 2.76 bits per heavy atom. The molecule has 2 rings (SSSR count). The van der Waals surface area contributed by atoms with Crippen molar-refractivity contribution < 1.29 is 13.2 Å². The molecule has 2 atom stereocenters. The van der Waals surface area contributed by atoms with E-state index < -0.39 is 10.0 Å². The number of carbonyl (C=O) groups excluding carboxylic acids is 1. The first-order valence-electron chi connectivity index (χ1n) is 7.18. The minimum Gasteiger partial charge on any atom is -0.335 e. The van der Waals surface area contributed by atoms with Gasteiger partial charge in [0.1, 0.15) is 0 Å². The summed E-state index contributed by atoms with van der Waals surface area (Å²) < 4.78 is 25.8. The third-order valence-electron chi connectivity index (χ3n) is 3.99. The Morgan fingerprint density at radius 1 is 1.38 bits per heavy atom. The van der Waals surface area contributed by atoms with Crippen molar-refractivity contribution in [2.24, 2.45) is 5.92 Å². The van der Waals surface area contributed by atoms with E-state index in [-0.39, 0.29) is 16.8 Å². The number of likely N-dealkylation sites (tertiary alicyclic amines) is 1. The van der Waals surface area contributed by atoms with Gasteiger partial charge < -0.3 is 4.90 Å². The quantitative estimate of drug-likeness (QED) is 0.925. The molecule has 7 heteroatoms. The van der Waals surface area contributed by atoms with Crippen molar-refractivity contribution in [3.8, 4) is 0 Å². The fraction of sp³-hybridized carbons (Fsp3) is 0.643. The summed E-state index contributed by atoms with van der Waals surface area (Å²) in [5.74, 6) is 0.429. The lowest BCUT2D eigenvalue weighted by atomic mass is 10.1. The van der Waals surface area contributed by atoms with Gasteiger partial charge in [-0.15, -0.1) is 11.3 Å². The van der Waals surface area contributed by atoms with Crippen LogP contribution in [0.5, 0.6) is 0 Å². The monoisotopic (exact) mass is 330 g/mol. The molecule has 1 aromatic rings. The Morgan fingerprint density at radius 2 is 2.10 bits per heavy atom. The molecule has 1 aliphatic heterocycles. The topological polar surface area (TPSA) is 66.5 Å². The zero-order valence-electron chi connectivity index (χ0n) is 12.6. The molecule has 21 heavy (non-hydrogen) atoms. The van der Waals surface area contributed by atoms with Crippen molar-refractivity contribution >= 4 is 27.3 Å². The Labute approximate surface area is 130 Å². The van der Waals surface area contributed by atoms with Crippen LogP contribution in [0.25, 0.3) is 0 Å². The van der Waals surface area contributed by atoms with Crippen molar-refractivity contribution in [2.75, 3.05) is 13.6 Å². The summed E-state index contributed by atoms with van der Waals surface area (Å²) in [6.45, 7) is 4.96. The SMILES string of the molecule is CNS(=O)(=O)c1csc(C(=O)N2C[C@H](C)CCC[C@@H]2C)c1. The molecule has 1 N–H and O–H groups in total. The standard InChI is InChI=1S/C14H22N2O3S2/c1-10-5-4-6-11(2)16(8-10)14(17)13-7-12(9-20-13)21(18,19)15-3/h7,9-11,15H,4-6,8H2,1-3H3/t10-,11+/m1/s1. The molecule has 0 aromatic carbocycles. The van der Waals surface area contributed by atoms with E-state index in [0.29, 0.717) is 10.8 Å². The van der Waals surface area contributed by atoms with Crippen molar-refractivity contribution in [1.82, 2.24) is 9.62 Å². The molecule has 0 bridgehead atoms. The highest BCUT2D eigenvalue weighted by molar-refractivity contribution is 7.89. The largest absolute Gasteiger partial charge is 0.335 e. The summed E-state index contributed by atoms with van der Waals surface area (Å²) >= 11 is 1.19. The van der Waals surface area contributed by atoms with Crippen molar-refractivity contribution in [1.29, 1.82) is 0 Å². The average Bonchev–Trinajstić information content (AvgIpc) is 2.88. The van der Waals surface area contributed by atoms with E-state index >= 15 is 0 Å². The highest BCUT2D eigenvalue weighted by Crippen LogP contribution is 2.26. The van der Waals surface area contributed by atoms with Gasteiger partial charge in [0.2, 0.25) is 10.0 Å².